The molecule has 0 spiro atoms. The van der Waals surface area contributed by atoms with Crippen molar-refractivity contribution in [2.45, 2.75) is 32.7 Å². The molecule has 2 atom stereocenters. The van der Waals surface area contributed by atoms with Crippen LogP contribution in [0.25, 0.3) is 11.3 Å². The van der Waals surface area contributed by atoms with Crippen LogP contribution in [0.2, 0.25) is 0 Å². The van der Waals surface area contributed by atoms with E-state index in [9.17, 15) is 9.18 Å². The highest BCUT2D eigenvalue weighted by Crippen LogP contribution is 2.42. The summed E-state index contributed by atoms with van der Waals surface area (Å²) in [6, 6.07) is 10.3. The summed E-state index contributed by atoms with van der Waals surface area (Å²) in [6.45, 7) is 8.29. The molecule has 2 aromatic carbocycles. The lowest BCUT2D eigenvalue weighted by molar-refractivity contribution is -0.110. The summed E-state index contributed by atoms with van der Waals surface area (Å²) in [6.07, 6.45) is 0.525. The largest absolute Gasteiger partial charge is 0.487 e. The zero-order chi connectivity index (χ0) is 21.5. The summed E-state index contributed by atoms with van der Waals surface area (Å²) in [5.74, 6) is -0.130. The number of fused-ring (bicyclic) bond motifs is 2. The van der Waals surface area contributed by atoms with Crippen LogP contribution in [-0.2, 0) is 20.9 Å². The van der Waals surface area contributed by atoms with Crippen molar-refractivity contribution in [2.75, 3.05) is 36.8 Å². The molecule has 3 aliphatic rings. The van der Waals surface area contributed by atoms with Crippen molar-refractivity contribution >= 4 is 28.6 Å². The van der Waals surface area contributed by atoms with Crippen LogP contribution in [0.3, 0.4) is 0 Å². The van der Waals surface area contributed by atoms with E-state index in [0.29, 0.717) is 29.2 Å². The van der Waals surface area contributed by atoms with Crippen LogP contribution in [0.1, 0.15) is 30.5 Å². The Labute approximate surface area is 181 Å². The van der Waals surface area contributed by atoms with Crippen LogP contribution >= 0.6 is 0 Å². The number of rotatable bonds is 4. The lowest BCUT2D eigenvalue weighted by atomic mass is 10.00. The lowest BCUT2D eigenvalue weighted by Crippen LogP contribution is -2.46. The summed E-state index contributed by atoms with van der Waals surface area (Å²) in [4.78, 5) is 15.0. The molecule has 0 saturated carbocycles. The fourth-order valence-electron chi connectivity index (χ4n) is 4.67. The SMILES string of the molecule is C[C@@H]1CN(CCNc2ccc3c(c2)CO/C3=C2/C(=O)Nc3ccc(F)cc32)C[C@H](C)O1. The second kappa shape index (κ2) is 7.98. The molecule has 31 heavy (non-hydrogen) atoms. The average Bonchev–Trinajstić information content (AvgIpc) is 3.26. The van der Waals surface area contributed by atoms with Crippen molar-refractivity contribution in [1.82, 2.24) is 4.90 Å². The van der Waals surface area contributed by atoms with Gasteiger partial charge in [-0.05, 0) is 50.2 Å². The predicted molar refractivity (Wildman–Crippen MR) is 118 cm³/mol. The highest BCUT2D eigenvalue weighted by Gasteiger charge is 2.32. The second-order valence-electron chi connectivity index (χ2n) is 8.45. The molecule has 0 aromatic heterocycles. The van der Waals surface area contributed by atoms with Gasteiger partial charge in [-0.1, -0.05) is 0 Å². The number of amides is 1. The molecule has 3 aliphatic heterocycles. The van der Waals surface area contributed by atoms with Crippen LogP contribution in [0.5, 0.6) is 0 Å². The number of nitrogens with one attached hydrogen (secondary N) is 2. The number of halogens is 1. The Morgan fingerprint density at radius 1 is 1.13 bits per heavy atom. The highest BCUT2D eigenvalue weighted by atomic mass is 19.1. The molecule has 7 heteroatoms. The first-order valence-corrected chi connectivity index (χ1v) is 10.7. The molecule has 162 valence electrons. The monoisotopic (exact) mass is 423 g/mol. The number of hydrogen-bond donors (Lipinski definition) is 2. The van der Waals surface area contributed by atoms with Crippen LogP contribution in [0.15, 0.2) is 36.4 Å². The van der Waals surface area contributed by atoms with Gasteiger partial charge >= 0.3 is 0 Å². The Kier molecular flexibility index (Phi) is 5.16. The van der Waals surface area contributed by atoms with Gasteiger partial charge in [-0.3, -0.25) is 9.69 Å². The summed E-state index contributed by atoms with van der Waals surface area (Å²) >= 11 is 0. The van der Waals surface area contributed by atoms with Gasteiger partial charge in [0.15, 0.2) is 0 Å². The van der Waals surface area contributed by atoms with Gasteiger partial charge in [-0.25, -0.2) is 4.39 Å². The van der Waals surface area contributed by atoms with Gasteiger partial charge in [0, 0.05) is 54.2 Å². The summed E-state index contributed by atoms with van der Waals surface area (Å²) in [7, 11) is 0. The van der Waals surface area contributed by atoms with Crippen molar-refractivity contribution in [3.63, 3.8) is 0 Å². The Hall–Kier alpha value is -2.90. The van der Waals surface area contributed by atoms with Crippen LogP contribution in [-0.4, -0.2) is 49.2 Å². The van der Waals surface area contributed by atoms with Gasteiger partial charge in [-0.2, -0.15) is 0 Å². The fraction of sp³-hybridized carbons (Fsp3) is 0.375. The summed E-state index contributed by atoms with van der Waals surface area (Å²) < 4.78 is 25.5. The number of ether oxygens (including phenoxy) is 2. The third kappa shape index (κ3) is 3.91. The maximum Gasteiger partial charge on any atom is 0.260 e. The lowest BCUT2D eigenvalue weighted by Gasteiger charge is -2.35. The van der Waals surface area contributed by atoms with Gasteiger partial charge in [0.25, 0.3) is 5.91 Å². The van der Waals surface area contributed by atoms with Crippen molar-refractivity contribution in [1.29, 1.82) is 0 Å². The zero-order valence-electron chi connectivity index (χ0n) is 17.7. The third-order valence-electron chi connectivity index (χ3n) is 5.93. The van der Waals surface area contributed by atoms with E-state index in [2.05, 4.69) is 35.4 Å². The Morgan fingerprint density at radius 2 is 1.94 bits per heavy atom. The molecule has 0 unspecified atom stereocenters. The smallest absolute Gasteiger partial charge is 0.260 e. The van der Waals surface area contributed by atoms with E-state index in [1.807, 2.05) is 12.1 Å². The molecule has 5 rings (SSSR count). The topological polar surface area (TPSA) is 62.8 Å². The second-order valence-corrected chi connectivity index (χ2v) is 8.45. The van der Waals surface area contributed by atoms with E-state index in [1.54, 1.807) is 6.07 Å². The van der Waals surface area contributed by atoms with Crippen molar-refractivity contribution in [2.24, 2.45) is 0 Å². The number of benzene rings is 2. The minimum absolute atomic E-state index is 0.263. The van der Waals surface area contributed by atoms with E-state index in [1.165, 1.54) is 12.1 Å². The number of carbonyl (C=O) groups is 1. The average molecular weight is 423 g/mol. The number of carbonyl (C=O) groups excluding carboxylic acids is 1. The standard InChI is InChI=1S/C24H26FN3O3/c1-14-11-28(12-15(2)31-14)8-7-26-18-4-5-19-16(9-18)13-30-23(19)22-20-10-17(25)3-6-21(20)27-24(22)29/h3-6,9-10,14-15,26H,7-8,11-13H2,1-2H3,(H,27,29)/b23-22+/t14-,15+. The van der Waals surface area contributed by atoms with Gasteiger partial charge in [0.2, 0.25) is 0 Å². The predicted octanol–water partition coefficient (Wildman–Crippen LogP) is 3.70. The van der Waals surface area contributed by atoms with Gasteiger partial charge in [-0.15, -0.1) is 0 Å². The third-order valence-corrected chi connectivity index (χ3v) is 5.93. The first-order valence-electron chi connectivity index (χ1n) is 10.7. The Morgan fingerprint density at radius 3 is 2.74 bits per heavy atom. The molecular weight excluding hydrogens is 397 g/mol. The molecule has 1 saturated heterocycles. The van der Waals surface area contributed by atoms with E-state index in [4.69, 9.17) is 9.47 Å². The van der Waals surface area contributed by atoms with Crippen LogP contribution < -0.4 is 10.6 Å². The number of nitrogens with zero attached hydrogens (tertiary/aromatic N) is 1. The minimum atomic E-state index is -0.379. The maximum absolute atomic E-state index is 13.8. The number of hydrogen-bond acceptors (Lipinski definition) is 5. The molecule has 0 bridgehead atoms. The molecule has 1 amide bonds. The molecule has 1 fully saturated rings. The molecular formula is C24H26FN3O3. The molecule has 0 radical (unpaired) electrons. The van der Waals surface area contributed by atoms with E-state index in [0.717, 1.165) is 43.0 Å². The Balaban J connectivity index is 1.31. The quantitative estimate of drug-likeness (QED) is 0.735. The zero-order valence-corrected chi connectivity index (χ0v) is 17.7. The Bertz CT molecular complexity index is 1060. The molecule has 2 aromatic rings. The molecule has 0 aliphatic carbocycles. The van der Waals surface area contributed by atoms with Gasteiger partial charge in [0.1, 0.15) is 18.2 Å². The molecule has 3 heterocycles. The van der Waals surface area contributed by atoms with E-state index >= 15 is 0 Å². The number of morpholine rings is 1. The van der Waals surface area contributed by atoms with Crippen molar-refractivity contribution < 1.29 is 18.7 Å². The van der Waals surface area contributed by atoms with E-state index < -0.39 is 0 Å². The molecule has 6 nitrogen and oxygen atoms in total. The maximum atomic E-state index is 13.8. The van der Waals surface area contributed by atoms with Gasteiger partial charge < -0.3 is 20.1 Å². The van der Waals surface area contributed by atoms with Crippen molar-refractivity contribution in [3.8, 4) is 0 Å². The summed E-state index contributed by atoms with van der Waals surface area (Å²) in [5.41, 5.74) is 4.46. The normalized spacial score (nSPS) is 25.1. The van der Waals surface area contributed by atoms with E-state index in [-0.39, 0.29) is 23.9 Å². The highest BCUT2D eigenvalue weighted by molar-refractivity contribution is 6.36. The molecule has 2 N–H and O–H groups in total. The number of anilines is 2. The van der Waals surface area contributed by atoms with Crippen LogP contribution in [0, 0.1) is 5.82 Å². The van der Waals surface area contributed by atoms with Crippen LogP contribution in [0.4, 0.5) is 15.8 Å². The first kappa shape index (κ1) is 20.0. The van der Waals surface area contributed by atoms with Crippen molar-refractivity contribution in [3.05, 3.63) is 58.9 Å². The van der Waals surface area contributed by atoms with Gasteiger partial charge in [0.05, 0.1) is 17.8 Å². The first-order chi connectivity index (χ1) is 15.0. The summed E-state index contributed by atoms with van der Waals surface area (Å²) in [5, 5.41) is 6.27. The minimum Gasteiger partial charge on any atom is -0.487 e. The fourth-order valence-corrected chi connectivity index (χ4v) is 4.67.